The third-order valence-corrected chi connectivity index (χ3v) is 4.40. The predicted molar refractivity (Wildman–Crippen MR) is 71.1 cm³/mol. The smallest absolute Gasteiger partial charge is 0.0502 e. The normalized spacial score (nSPS) is 28.6. The Morgan fingerprint density at radius 3 is 2.88 bits per heavy atom. The van der Waals surface area contributed by atoms with Gasteiger partial charge in [0.2, 0.25) is 0 Å². The number of piperidine rings is 1. The van der Waals surface area contributed by atoms with Crippen LogP contribution >= 0.6 is 0 Å². The molecule has 3 rings (SSSR count). The Bertz CT molecular complexity index is 439. The maximum Gasteiger partial charge on any atom is 0.0502 e. The quantitative estimate of drug-likeness (QED) is 0.741. The van der Waals surface area contributed by atoms with E-state index in [-0.39, 0.29) is 0 Å². The second-order valence-corrected chi connectivity index (χ2v) is 5.69. The fourth-order valence-electron chi connectivity index (χ4n) is 3.67. The first-order chi connectivity index (χ1) is 8.16. The van der Waals surface area contributed by atoms with Crippen molar-refractivity contribution in [3.05, 3.63) is 34.4 Å². The van der Waals surface area contributed by atoms with Gasteiger partial charge in [0.1, 0.15) is 0 Å². The molecule has 1 fully saturated rings. The Morgan fingerprint density at radius 1 is 1.24 bits per heavy atom. The molecule has 1 aromatic rings. The van der Waals surface area contributed by atoms with Crippen molar-refractivity contribution in [3.8, 4) is 0 Å². The highest BCUT2D eigenvalue weighted by Crippen LogP contribution is 2.37. The fraction of sp³-hybridized carbons (Fsp3) is 0.600. The van der Waals surface area contributed by atoms with Gasteiger partial charge >= 0.3 is 0 Å². The first-order valence-corrected chi connectivity index (χ1v) is 6.76. The molecule has 0 radical (unpaired) electrons. The SMILES string of the molecule is Cc1cc(C)c2c(c1)C1C(N)CCCN1CC2. The lowest BCUT2D eigenvalue weighted by Crippen LogP contribution is -2.49. The molecule has 0 spiro atoms. The molecule has 1 aromatic carbocycles. The summed E-state index contributed by atoms with van der Waals surface area (Å²) in [6, 6.07) is 5.47. The molecular weight excluding hydrogens is 208 g/mol. The van der Waals surface area contributed by atoms with E-state index in [1.54, 1.807) is 5.56 Å². The molecule has 2 N–H and O–H groups in total. The van der Waals surface area contributed by atoms with Gasteiger partial charge in [-0.2, -0.15) is 0 Å². The van der Waals surface area contributed by atoms with E-state index >= 15 is 0 Å². The Hall–Kier alpha value is -0.860. The minimum Gasteiger partial charge on any atom is -0.326 e. The Morgan fingerprint density at radius 2 is 2.06 bits per heavy atom. The average Bonchev–Trinajstić information content (AvgIpc) is 2.28. The molecule has 2 atom stereocenters. The minimum absolute atomic E-state index is 0.323. The van der Waals surface area contributed by atoms with Crippen LogP contribution in [0, 0.1) is 13.8 Å². The van der Waals surface area contributed by atoms with Gasteiger partial charge in [0, 0.05) is 12.6 Å². The molecular formula is C15H22N2. The number of rotatable bonds is 0. The fourth-order valence-corrected chi connectivity index (χ4v) is 3.67. The molecule has 1 saturated heterocycles. The second-order valence-electron chi connectivity index (χ2n) is 5.69. The van der Waals surface area contributed by atoms with Crippen LogP contribution in [0.1, 0.15) is 41.1 Å². The molecule has 0 bridgehead atoms. The van der Waals surface area contributed by atoms with Gasteiger partial charge < -0.3 is 5.73 Å². The van der Waals surface area contributed by atoms with E-state index in [4.69, 9.17) is 5.73 Å². The minimum atomic E-state index is 0.323. The standard InChI is InChI=1S/C15H22N2/c1-10-8-11(2)12-5-7-17-6-3-4-14(16)15(17)13(12)9-10/h8-9,14-15H,3-7,16H2,1-2H3. The van der Waals surface area contributed by atoms with Gasteiger partial charge in [-0.3, -0.25) is 4.90 Å². The third kappa shape index (κ3) is 1.80. The van der Waals surface area contributed by atoms with Crippen LogP contribution in [0.3, 0.4) is 0 Å². The summed E-state index contributed by atoms with van der Waals surface area (Å²) in [5.41, 5.74) is 12.3. The average molecular weight is 230 g/mol. The lowest BCUT2D eigenvalue weighted by atomic mass is 9.82. The summed E-state index contributed by atoms with van der Waals surface area (Å²) < 4.78 is 0. The van der Waals surface area contributed by atoms with Crippen molar-refractivity contribution in [1.82, 2.24) is 4.90 Å². The molecule has 0 amide bonds. The zero-order chi connectivity index (χ0) is 12.0. The molecule has 2 nitrogen and oxygen atoms in total. The van der Waals surface area contributed by atoms with Crippen LogP contribution in [0.4, 0.5) is 0 Å². The third-order valence-electron chi connectivity index (χ3n) is 4.40. The number of nitrogens with two attached hydrogens (primary N) is 1. The molecule has 2 heterocycles. The van der Waals surface area contributed by atoms with Gasteiger partial charge in [-0.05, 0) is 56.3 Å². The topological polar surface area (TPSA) is 29.3 Å². The maximum atomic E-state index is 6.36. The summed E-state index contributed by atoms with van der Waals surface area (Å²) in [5.74, 6) is 0. The van der Waals surface area contributed by atoms with Gasteiger partial charge in [0.15, 0.2) is 0 Å². The number of aryl methyl sites for hydroxylation is 2. The number of hydrogen-bond acceptors (Lipinski definition) is 2. The van der Waals surface area contributed by atoms with Crippen molar-refractivity contribution in [3.63, 3.8) is 0 Å². The van der Waals surface area contributed by atoms with Crippen LogP contribution < -0.4 is 5.73 Å². The van der Waals surface area contributed by atoms with Crippen molar-refractivity contribution in [2.45, 2.75) is 45.2 Å². The summed E-state index contributed by atoms with van der Waals surface area (Å²) in [4.78, 5) is 2.59. The maximum absolute atomic E-state index is 6.36. The van der Waals surface area contributed by atoms with E-state index in [0.717, 1.165) is 0 Å². The highest BCUT2D eigenvalue weighted by atomic mass is 15.2. The van der Waals surface area contributed by atoms with Crippen LogP contribution in [0.2, 0.25) is 0 Å². The number of fused-ring (bicyclic) bond motifs is 3. The van der Waals surface area contributed by atoms with E-state index in [2.05, 4.69) is 30.9 Å². The largest absolute Gasteiger partial charge is 0.326 e. The van der Waals surface area contributed by atoms with Crippen LogP contribution in [0.5, 0.6) is 0 Å². The van der Waals surface area contributed by atoms with E-state index in [9.17, 15) is 0 Å². The highest BCUT2D eigenvalue weighted by Gasteiger charge is 2.34. The molecule has 0 aliphatic carbocycles. The lowest BCUT2D eigenvalue weighted by molar-refractivity contribution is 0.118. The monoisotopic (exact) mass is 230 g/mol. The van der Waals surface area contributed by atoms with Gasteiger partial charge in [-0.1, -0.05) is 17.7 Å². The van der Waals surface area contributed by atoms with Crippen molar-refractivity contribution >= 4 is 0 Å². The highest BCUT2D eigenvalue weighted by molar-refractivity contribution is 5.42. The lowest BCUT2D eigenvalue weighted by Gasteiger charge is -2.44. The molecule has 0 aromatic heterocycles. The molecule has 2 aliphatic rings. The summed E-state index contributed by atoms with van der Waals surface area (Å²) in [5, 5.41) is 0. The molecule has 17 heavy (non-hydrogen) atoms. The predicted octanol–water partition coefficient (Wildman–Crippen LogP) is 2.32. The van der Waals surface area contributed by atoms with Crippen molar-refractivity contribution in [2.75, 3.05) is 13.1 Å². The molecule has 0 saturated carbocycles. The number of hydrogen-bond donors (Lipinski definition) is 1. The second kappa shape index (κ2) is 4.11. The van der Waals surface area contributed by atoms with Gasteiger partial charge in [-0.15, -0.1) is 0 Å². The van der Waals surface area contributed by atoms with Gasteiger partial charge in [0.25, 0.3) is 0 Å². The molecule has 2 unspecified atom stereocenters. The van der Waals surface area contributed by atoms with Gasteiger partial charge in [-0.25, -0.2) is 0 Å². The van der Waals surface area contributed by atoms with Crippen molar-refractivity contribution in [1.29, 1.82) is 0 Å². The van der Waals surface area contributed by atoms with Crippen LogP contribution in [-0.4, -0.2) is 24.0 Å². The Kier molecular flexibility index (Phi) is 2.72. The Balaban J connectivity index is 2.09. The van der Waals surface area contributed by atoms with E-state index in [0.29, 0.717) is 12.1 Å². The molecule has 2 heteroatoms. The first kappa shape index (κ1) is 11.2. The zero-order valence-corrected chi connectivity index (χ0v) is 10.9. The molecule has 92 valence electrons. The Labute approximate surface area is 104 Å². The van der Waals surface area contributed by atoms with E-state index in [1.807, 2.05) is 0 Å². The summed E-state index contributed by atoms with van der Waals surface area (Å²) in [6.45, 7) is 6.86. The van der Waals surface area contributed by atoms with E-state index in [1.165, 1.54) is 49.0 Å². The summed E-state index contributed by atoms with van der Waals surface area (Å²) >= 11 is 0. The number of nitrogens with zero attached hydrogens (tertiary/aromatic N) is 1. The summed E-state index contributed by atoms with van der Waals surface area (Å²) in [6.07, 6.45) is 3.63. The van der Waals surface area contributed by atoms with Crippen LogP contribution in [0.25, 0.3) is 0 Å². The molecule has 2 aliphatic heterocycles. The van der Waals surface area contributed by atoms with Crippen LogP contribution in [0.15, 0.2) is 12.1 Å². The number of benzene rings is 1. The summed E-state index contributed by atoms with van der Waals surface area (Å²) in [7, 11) is 0. The van der Waals surface area contributed by atoms with Crippen molar-refractivity contribution in [2.24, 2.45) is 5.73 Å². The first-order valence-electron chi connectivity index (χ1n) is 6.76. The van der Waals surface area contributed by atoms with Crippen LogP contribution in [-0.2, 0) is 6.42 Å². The van der Waals surface area contributed by atoms with E-state index < -0.39 is 0 Å². The van der Waals surface area contributed by atoms with Gasteiger partial charge in [0.05, 0.1) is 6.04 Å². The van der Waals surface area contributed by atoms with Crippen molar-refractivity contribution < 1.29 is 0 Å². The zero-order valence-electron chi connectivity index (χ0n) is 10.9.